The van der Waals surface area contributed by atoms with Crippen LogP contribution in [0.5, 0.6) is 0 Å². The predicted molar refractivity (Wildman–Crippen MR) is 115 cm³/mol. The molecule has 30 heavy (non-hydrogen) atoms. The van der Waals surface area contributed by atoms with Gasteiger partial charge >= 0.3 is 0 Å². The van der Waals surface area contributed by atoms with E-state index in [0.29, 0.717) is 23.4 Å². The summed E-state index contributed by atoms with van der Waals surface area (Å²) in [5.74, 6) is -0.896. The van der Waals surface area contributed by atoms with Gasteiger partial charge in [0.2, 0.25) is 0 Å². The molecular formula is C24H22FN3O2. The summed E-state index contributed by atoms with van der Waals surface area (Å²) in [7, 11) is 0. The number of anilines is 2. The maximum absolute atomic E-state index is 13.8. The Morgan fingerprint density at radius 2 is 1.80 bits per heavy atom. The van der Waals surface area contributed by atoms with E-state index < -0.39 is 11.7 Å². The number of halogens is 1. The van der Waals surface area contributed by atoms with Crippen molar-refractivity contribution in [1.82, 2.24) is 4.90 Å². The van der Waals surface area contributed by atoms with Crippen molar-refractivity contribution < 1.29 is 14.0 Å². The van der Waals surface area contributed by atoms with E-state index in [0.717, 1.165) is 12.0 Å². The summed E-state index contributed by atoms with van der Waals surface area (Å²) in [6.45, 7) is 2.65. The lowest BCUT2D eigenvalue weighted by Crippen LogP contribution is -2.33. The van der Waals surface area contributed by atoms with Crippen molar-refractivity contribution in [3.63, 3.8) is 0 Å². The molecule has 0 fully saturated rings. The molecule has 3 aromatic carbocycles. The van der Waals surface area contributed by atoms with Crippen molar-refractivity contribution in [3.05, 3.63) is 95.3 Å². The zero-order valence-electron chi connectivity index (χ0n) is 16.6. The Morgan fingerprint density at radius 3 is 2.60 bits per heavy atom. The van der Waals surface area contributed by atoms with E-state index in [4.69, 9.17) is 0 Å². The van der Waals surface area contributed by atoms with Crippen molar-refractivity contribution >= 4 is 23.2 Å². The summed E-state index contributed by atoms with van der Waals surface area (Å²) >= 11 is 0. The summed E-state index contributed by atoms with van der Waals surface area (Å²) in [5, 5.41) is 5.98. The van der Waals surface area contributed by atoms with E-state index in [1.165, 1.54) is 12.1 Å². The first-order chi connectivity index (χ1) is 14.6. The van der Waals surface area contributed by atoms with Crippen LogP contribution in [0.1, 0.15) is 45.8 Å². The fraction of sp³-hybridized carbons (Fsp3) is 0.167. The molecule has 0 spiro atoms. The average molecular weight is 403 g/mol. The van der Waals surface area contributed by atoms with E-state index in [1.807, 2.05) is 37.3 Å². The van der Waals surface area contributed by atoms with Gasteiger partial charge in [-0.2, -0.15) is 0 Å². The monoisotopic (exact) mass is 403 g/mol. The quantitative estimate of drug-likeness (QED) is 0.605. The number of carbonyl (C=O) groups excluding carboxylic acids is 2. The topological polar surface area (TPSA) is 61.4 Å². The Bertz CT molecular complexity index is 1100. The Balaban J connectivity index is 1.57. The molecule has 152 valence electrons. The summed E-state index contributed by atoms with van der Waals surface area (Å²) in [6, 6.07) is 20.5. The zero-order valence-corrected chi connectivity index (χ0v) is 16.6. The summed E-state index contributed by atoms with van der Waals surface area (Å²) in [6.07, 6.45) is 0.529. The van der Waals surface area contributed by atoms with Gasteiger partial charge in [-0.1, -0.05) is 43.3 Å². The number of carbonyl (C=O) groups is 2. The van der Waals surface area contributed by atoms with Crippen LogP contribution in [0.3, 0.4) is 0 Å². The third-order valence-corrected chi connectivity index (χ3v) is 5.07. The van der Waals surface area contributed by atoms with Crippen LogP contribution in [0.4, 0.5) is 15.8 Å². The molecule has 1 aliphatic rings. The van der Waals surface area contributed by atoms with Gasteiger partial charge in [-0.25, -0.2) is 4.39 Å². The van der Waals surface area contributed by atoms with Crippen LogP contribution in [0.15, 0.2) is 72.8 Å². The van der Waals surface area contributed by atoms with Gasteiger partial charge in [0.15, 0.2) is 0 Å². The number of nitrogens with one attached hydrogen (secondary N) is 2. The van der Waals surface area contributed by atoms with Crippen molar-refractivity contribution in [2.45, 2.75) is 19.5 Å². The van der Waals surface area contributed by atoms with Crippen molar-refractivity contribution in [2.75, 3.05) is 17.2 Å². The highest BCUT2D eigenvalue weighted by Gasteiger charge is 2.35. The van der Waals surface area contributed by atoms with Crippen LogP contribution in [0.25, 0.3) is 0 Å². The van der Waals surface area contributed by atoms with Gasteiger partial charge in [0.1, 0.15) is 12.0 Å². The largest absolute Gasteiger partial charge is 0.361 e. The first kappa shape index (κ1) is 19.6. The SMILES string of the molecule is CCCN1C(=O)c2ccccc2C1Nc1cccc(C(=O)Nc2ccccc2F)c1. The number of rotatable bonds is 6. The van der Waals surface area contributed by atoms with E-state index in [1.54, 1.807) is 35.2 Å². The second kappa shape index (κ2) is 8.37. The van der Waals surface area contributed by atoms with Crippen LogP contribution in [-0.2, 0) is 0 Å². The highest BCUT2D eigenvalue weighted by Crippen LogP contribution is 2.34. The van der Waals surface area contributed by atoms with Crippen LogP contribution in [0, 0.1) is 5.82 Å². The molecule has 1 atom stereocenters. The standard InChI is InChI=1S/C24H22FN3O2/c1-2-14-28-22(18-10-3-4-11-19(18)24(28)30)26-17-9-7-8-16(15-17)23(29)27-21-13-6-5-12-20(21)25/h3-13,15,22,26H,2,14H2,1H3,(H,27,29). The minimum Gasteiger partial charge on any atom is -0.361 e. The molecule has 0 radical (unpaired) electrons. The summed E-state index contributed by atoms with van der Waals surface area (Å²) in [5.41, 5.74) is 2.83. The molecule has 1 aliphatic heterocycles. The molecule has 0 saturated carbocycles. The fourth-order valence-electron chi connectivity index (χ4n) is 3.66. The Kier molecular flexibility index (Phi) is 5.48. The molecule has 2 N–H and O–H groups in total. The van der Waals surface area contributed by atoms with Gasteiger partial charge in [0, 0.05) is 28.9 Å². The van der Waals surface area contributed by atoms with E-state index in [9.17, 15) is 14.0 Å². The maximum atomic E-state index is 13.8. The smallest absolute Gasteiger partial charge is 0.256 e. The number of para-hydroxylation sites is 1. The lowest BCUT2D eigenvalue weighted by Gasteiger charge is -2.27. The Morgan fingerprint density at radius 1 is 1.03 bits per heavy atom. The molecular weight excluding hydrogens is 381 g/mol. The molecule has 0 saturated heterocycles. The molecule has 4 rings (SSSR count). The number of hydrogen-bond acceptors (Lipinski definition) is 3. The van der Waals surface area contributed by atoms with E-state index in [-0.39, 0.29) is 17.8 Å². The first-order valence-corrected chi connectivity index (χ1v) is 9.91. The third-order valence-electron chi connectivity index (χ3n) is 5.07. The molecule has 1 heterocycles. The number of benzene rings is 3. The number of amides is 2. The highest BCUT2D eigenvalue weighted by molar-refractivity contribution is 6.05. The molecule has 5 nitrogen and oxygen atoms in total. The van der Waals surface area contributed by atoms with Gasteiger partial charge in [0.05, 0.1) is 5.69 Å². The molecule has 0 bridgehead atoms. The molecule has 1 unspecified atom stereocenters. The van der Waals surface area contributed by atoms with E-state index in [2.05, 4.69) is 10.6 Å². The summed E-state index contributed by atoms with van der Waals surface area (Å²) in [4.78, 5) is 27.2. The minimum atomic E-state index is -0.489. The zero-order chi connectivity index (χ0) is 21.1. The van der Waals surface area contributed by atoms with Crippen LogP contribution in [0.2, 0.25) is 0 Å². The Hall–Kier alpha value is -3.67. The van der Waals surface area contributed by atoms with Crippen molar-refractivity contribution in [2.24, 2.45) is 0 Å². The van der Waals surface area contributed by atoms with Gasteiger partial charge in [0.25, 0.3) is 11.8 Å². The third kappa shape index (κ3) is 3.76. The lowest BCUT2D eigenvalue weighted by atomic mass is 10.1. The first-order valence-electron chi connectivity index (χ1n) is 9.91. The van der Waals surface area contributed by atoms with E-state index >= 15 is 0 Å². The number of hydrogen-bond donors (Lipinski definition) is 2. The van der Waals surface area contributed by atoms with Crippen molar-refractivity contribution in [3.8, 4) is 0 Å². The molecule has 0 aromatic heterocycles. The van der Waals surface area contributed by atoms with Crippen molar-refractivity contribution in [1.29, 1.82) is 0 Å². The van der Waals surface area contributed by atoms with Gasteiger partial charge in [-0.3, -0.25) is 9.59 Å². The maximum Gasteiger partial charge on any atom is 0.256 e. The second-order valence-electron chi connectivity index (χ2n) is 7.15. The second-order valence-corrected chi connectivity index (χ2v) is 7.15. The van der Waals surface area contributed by atoms with Crippen LogP contribution < -0.4 is 10.6 Å². The average Bonchev–Trinajstić information content (AvgIpc) is 3.02. The van der Waals surface area contributed by atoms with Gasteiger partial charge in [-0.15, -0.1) is 0 Å². The van der Waals surface area contributed by atoms with Gasteiger partial charge < -0.3 is 15.5 Å². The molecule has 6 heteroatoms. The highest BCUT2D eigenvalue weighted by atomic mass is 19.1. The fourth-order valence-corrected chi connectivity index (χ4v) is 3.66. The number of nitrogens with zero attached hydrogens (tertiary/aromatic N) is 1. The summed E-state index contributed by atoms with van der Waals surface area (Å²) < 4.78 is 13.8. The minimum absolute atomic E-state index is 0.00148. The lowest BCUT2D eigenvalue weighted by molar-refractivity contribution is 0.0743. The molecule has 0 aliphatic carbocycles. The predicted octanol–water partition coefficient (Wildman–Crippen LogP) is 5.05. The molecule has 3 aromatic rings. The molecule has 2 amide bonds. The normalized spacial score (nSPS) is 15.1. The van der Waals surface area contributed by atoms with Gasteiger partial charge in [-0.05, 0) is 42.8 Å². The Labute approximate surface area is 174 Å². The van der Waals surface area contributed by atoms with Crippen LogP contribution >= 0.6 is 0 Å². The van der Waals surface area contributed by atoms with Crippen LogP contribution in [-0.4, -0.2) is 23.3 Å². The number of fused-ring (bicyclic) bond motifs is 1.